The Hall–Kier alpha value is -2.17. The number of morpholine rings is 1. The number of pyridine rings is 1. The van der Waals surface area contributed by atoms with E-state index in [4.69, 9.17) is 14.7 Å². The number of ether oxygens (including phenoxy) is 2. The molecule has 116 valence electrons. The van der Waals surface area contributed by atoms with Crippen molar-refractivity contribution >= 4 is 11.7 Å². The quantitative estimate of drug-likeness (QED) is 0.853. The molecule has 22 heavy (non-hydrogen) atoms. The van der Waals surface area contributed by atoms with Crippen LogP contribution in [0.25, 0.3) is 0 Å². The molecule has 1 spiro atoms. The standard InChI is InChI=1S/C15H18N4O3/c1-21-12-6-13(18-8-11(12)7-16)19-10-15(22-9-14(19)20)2-4-17-5-3-15/h6,8,17H,2-5,9-10H2,1H3. The molecule has 2 aliphatic heterocycles. The number of rotatable bonds is 2. The second kappa shape index (κ2) is 5.91. The number of methoxy groups -OCH3 is 1. The predicted molar refractivity (Wildman–Crippen MR) is 78.6 cm³/mol. The van der Waals surface area contributed by atoms with E-state index in [1.165, 1.54) is 13.3 Å². The summed E-state index contributed by atoms with van der Waals surface area (Å²) < 4.78 is 11.0. The Labute approximate surface area is 128 Å². The van der Waals surface area contributed by atoms with E-state index >= 15 is 0 Å². The van der Waals surface area contributed by atoms with E-state index in [2.05, 4.69) is 10.3 Å². The number of aromatic nitrogens is 1. The minimum Gasteiger partial charge on any atom is -0.495 e. The fourth-order valence-electron chi connectivity index (χ4n) is 2.94. The van der Waals surface area contributed by atoms with Crippen molar-refractivity contribution in [3.63, 3.8) is 0 Å². The molecule has 3 heterocycles. The fraction of sp³-hybridized carbons (Fsp3) is 0.533. The minimum absolute atomic E-state index is 0.0595. The zero-order valence-corrected chi connectivity index (χ0v) is 12.5. The summed E-state index contributed by atoms with van der Waals surface area (Å²) in [4.78, 5) is 18.1. The molecule has 1 aromatic rings. The molecule has 0 atom stereocenters. The molecule has 1 aromatic heterocycles. The molecule has 7 heteroatoms. The summed E-state index contributed by atoms with van der Waals surface area (Å²) in [5, 5.41) is 12.3. The van der Waals surface area contributed by atoms with E-state index in [9.17, 15) is 4.79 Å². The second-order valence-electron chi connectivity index (χ2n) is 5.56. The summed E-state index contributed by atoms with van der Waals surface area (Å²) in [6.45, 7) is 2.30. The van der Waals surface area contributed by atoms with Crippen LogP contribution < -0.4 is 15.0 Å². The zero-order valence-electron chi connectivity index (χ0n) is 12.5. The smallest absolute Gasteiger partial charge is 0.254 e. The van der Waals surface area contributed by atoms with Gasteiger partial charge < -0.3 is 14.8 Å². The van der Waals surface area contributed by atoms with Crippen LogP contribution >= 0.6 is 0 Å². The van der Waals surface area contributed by atoms with E-state index in [0.29, 0.717) is 23.7 Å². The van der Waals surface area contributed by atoms with E-state index in [1.54, 1.807) is 11.0 Å². The Balaban J connectivity index is 1.89. The van der Waals surface area contributed by atoms with Crippen molar-refractivity contribution < 1.29 is 14.3 Å². The Morgan fingerprint density at radius 1 is 1.50 bits per heavy atom. The van der Waals surface area contributed by atoms with Gasteiger partial charge in [-0.05, 0) is 25.9 Å². The van der Waals surface area contributed by atoms with Gasteiger partial charge in [-0.15, -0.1) is 0 Å². The zero-order chi connectivity index (χ0) is 15.6. The average molecular weight is 302 g/mol. The lowest BCUT2D eigenvalue weighted by Gasteiger charge is -2.44. The molecule has 0 aliphatic carbocycles. The monoisotopic (exact) mass is 302 g/mol. The van der Waals surface area contributed by atoms with Gasteiger partial charge in [-0.25, -0.2) is 4.98 Å². The van der Waals surface area contributed by atoms with Crippen LogP contribution in [-0.2, 0) is 9.53 Å². The summed E-state index contributed by atoms with van der Waals surface area (Å²) in [5.41, 5.74) is 0.0469. The van der Waals surface area contributed by atoms with Gasteiger partial charge in [0, 0.05) is 6.07 Å². The third kappa shape index (κ3) is 2.63. The molecule has 1 amide bonds. The maximum Gasteiger partial charge on any atom is 0.254 e. The SMILES string of the molecule is COc1cc(N2CC3(CCNCC3)OCC2=O)ncc1C#N. The number of hydrogen-bond acceptors (Lipinski definition) is 6. The molecule has 0 radical (unpaired) electrons. The van der Waals surface area contributed by atoms with Gasteiger partial charge in [-0.1, -0.05) is 0 Å². The highest BCUT2D eigenvalue weighted by Gasteiger charge is 2.41. The van der Waals surface area contributed by atoms with Crippen LogP contribution in [0.1, 0.15) is 18.4 Å². The number of piperidine rings is 1. The molecule has 2 saturated heterocycles. The topological polar surface area (TPSA) is 87.5 Å². The second-order valence-corrected chi connectivity index (χ2v) is 5.56. The molecular weight excluding hydrogens is 284 g/mol. The molecule has 2 aliphatic rings. The van der Waals surface area contributed by atoms with Crippen molar-refractivity contribution in [1.82, 2.24) is 10.3 Å². The maximum absolute atomic E-state index is 12.2. The van der Waals surface area contributed by atoms with Crippen molar-refractivity contribution in [2.24, 2.45) is 0 Å². The third-order valence-corrected chi connectivity index (χ3v) is 4.23. The van der Waals surface area contributed by atoms with Crippen molar-refractivity contribution in [3.05, 3.63) is 17.8 Å². The summed E-state index contributed by atoms with van der Waals surface area (Å²) >= 11 is 0. The van der Waals surface area contributed by atoms with Gasteiger partial charge >= 0.3 is 0 Å². The molecule has 0 unspecified atom stereocenters. The van der Waals surface area contributed by atoms with Crippen LogP contribution in [0.2, 0.25) is 0 Å². The number of nitrogens with zero attached hydrogens (tertiary/aromatic N) is 3. The van der Waals surface area contributed by atoms with Crippen molar-refractivity contribution in [3.8, 4) is 11.8 Å². The molecule has 0 bridgehead atoms. The first-order valence-corrected chi connectivity index (χ1v) is 7.27. The normalized spacial score (nSPS) is 20.7. The van der Waals surface area contributed by atoms with Crippen LogP contribution in [0.15, 0.2) is 12.3 Å². The molecule has 0 aromatic carbocycles. The van der Waals surface area contributed by atoms with Crippen molar-refractivity contribution in [2.45, 2.75) is 18.4 Å². The number of anilines is 1. The van der Waals surface area contributed by atoms with Gasteiger partial charge in [0.15, 0.2) is 0 Å². The highest BCUT2D eigenvalue weighted by atomic mass is 16.5. The minimum atomic E-state index is -0.304. The van der Waals surface area contributed by atoms with Gasteiger partial charge in [0.1, 0.15) is 29.8 Å². The number of carbonyl (C=O) groups is 1. The number of carbonyl (C=O) groups excluding carboxylic acids is 1. The van der Waals surface area contributed by atoms with Crippen LogP contribution in [0, 0.1) is 11.3 Å². The van der Waals surface area contributed by atoms with E-state index in [1.807, 2.05) is 6.07 Å². The van der Waals surface area contributed by atoms with Gasteiger partial charge in [-0.3, -0.25) is 9.69 Å². The number of amides is 1. The van der Waals surface area contributed by atoms with Crippen molar-refractivity contribution in [1.29, 1.82) is 5.26 Å². The van der Waals surface area contributed by atoms with Crippen LogP contribution in [0.3, 0.4) is 0 Å². The number of nitriles is 1. The number of hydrogen-bond donors (Lipinski definition) is 1. The molecular formula is C15H18N4O3. The summed E-state index contributed by atoms with van der Waals surface area (Å²) in [6.07, 6.45) is 3.17. The van der Waals surface area contributed by atoms with Gasteiger partial charge in [0.2, 0.25) is 0 Å². The lowest BCUT2D eigenvalue weighted by molar-refractivity contribution is -0.141. The van der Waals surface area contributed by atoms with Gasteiger partial charge in [0.25, 0.3) is 5.91 Å². The summed E-state index contributed by atoms with van der Waals surface area (Å²) in [5.74, 6) is 0.802. The third-order valence-electron chi connectivity index (χ3n) is 4.23. The van der Waals surface area contributed by atoms with E-state index in [-0.39, 0.29) is 18.1 Å². The van der Waals surface area contributed by atoms with Crippen molar-refractivity contribution in [2.75, 3.05) is 38.3 Å². The van der Waals surface area contributed by atoms with Gasteiger partial charge in [-0.2, -0.15) is 5.26 Å². The summed E-state index contributed by atoms with van der Waals surface area (Å²) in [6, 6.07) is 3.66. The first-order chi connectivity index (χ1) is 10.7. The molecule has 7 nitrogen and oxygen atoms in total. The Kier molecular flexibility index (Phi) is 3.96. The lowest BCUT2D eigenvalue weighted by Crippen LogP contribution is -2.58. The molecule has 3 rings (SSSR count). The average Bonchev–Trinajstić information content (AvgIpc) is 2.57. The maximum atomic E-state index is 12.2. The lowest BCUT2D eigenvalue weighted by atomic mass is 9.90. The predicted octanol–water partition coefficient (Wildman–Crippen LogP) is 0.447. The largest absolute Gasteiger partial charge is 0.495 e. The molecule has 0 saturated carbocycles. The first-order valence-electron chi connectivity index (χ1n) is 7.27. The number of nitrogens with one attached hydrogen (secondary N) is 1. The van der Waals surface area contributed by atoms with Gasteiger partial charge in [0.05, 0.1) is 25.5 Å². The van der Waals surface area contributed by atoms with Crippen LogP contribution in [0.5, 0.6) is 5.75 Å². The van der Waals surface area contributed by atoms with Crippen LogP contribution in [-0.4, -0.2) is 49.8 Å². The Bertz CT molecular complexity index is 620. The Morgan fingerprint density at radius 3 is 2.95 bits per heavy atom. The fourth-order valence-corrected chi connectivity index (χ4v) is 2.94. The highest BCUT2D eigenvalue weighted by molar-refractivity contribution is 5.94. The van der Waals surface area contributed by atoms with E-state index in [0.717, 1.165) is 25.9 Å². The van der Waals surface area contributed by atoms with Crippen LogP contribution in [0.4, 0.5) is 5.82 Å². The molecule has 1 N–H and O–H groups in total. The van der Waals surface area contributed by atoms with E-state index < -0.39 is 0 Å². The highest BCUT2D eigenvalue weighted by Crippen LogP contribution is 2.31. The molecule has 2 fully saturated rings. The summed E-state index contributed by atoms with van der Waals surface area (Å²) in [7, 11) is 1.50. The first kappa shape index (κ1) is 14.8. The Morgan fingerprint density at radius 2 is 2.27 bits per heavy atom.